The number of aliphatic hydroxyl groups excluding tert-OH is 1. The molecule has 1 heterocycles. The third-order valence-electron chi connectivity index (χ3n) is 4.36. The van der Waals surface area contributed by atoms with E-state index in [1.54, 1.807) is 0 Å². The molecule has 0 spiro atoms. The van der Waals surface area contributed by atoms with Gasteiger partial charge in [-0.05, 0) is 5.56 Å². The smallest absolute Gasteiger partial charge is 0.407 e. The number of amides is 1. The second kappa shape index (κ2) is 13.0. The number of alkyl halides is 4. The van der Waals surface area contributed by atoms with Gasteiger partial charge in [-0.2, -0.15) is 0 Å². The average molecular weight is 535 g/mol. The van der Waals surface area contributed by atoms with Crippen LogP contribution in [0.2, 0.25) is 0 Å². The van der Waals surface area contributed by atoms with E-state index >= 15 is 0 Å². The van der Waals surface area contributed by atoms with Gasteiger partial charge in [0, 0.05) is 7.11 Å². The lowest BCUT2D eigenvalue weighted by molar-refractivity contribution is -0.272. The summed E-state index contributed by atoms with van der Waals surface area (Å²) in [4.78, 5) is 23.6. The fraction of sp³-hybridized carbons (Fsp3) is 0.579. The zero-order chi connectivity index (χ0) is 23.7. The second-order valence-electron chi connectivity index (χ2n) is 6.71. The summed E-state index contributed by atoms with van der Waals surface area (Å²) in [7, 11) is 1.33. The molecule has 1 aromatic carbocycles. The minimum absolute atomic E-state index is 0.106. The summed E-state index contributed by atoms with van der Waals surface area (Å²) in [6.45, 7) is -0.708. The van der Waals surface area contributed by atoms with Crippen molar-refractivity contribution in [2.24, 2.45) is 0 Å². The number of halogens is 4. The zero-order valence-electron chi connectivity index (χ0n) is 16.9. The Hall–Kier alpha value is -1.04. The van der Waals surface area contributed by atoms with E-state index in [2.05, 4.69) is 5.32 Å². The van der Waals surface area contributed by atoms with Gasteiger partial charge in [-0.15, -0.1) is 11.6 Å². The normalized spacial score (nSPS) is 25.8. The standard InChI is InChI=1S/C19H23Cl4NO8/c1-28-17-14(24-18(27)31-10-19(21,22)23)16(30-8-11-5-3-2-4-6-11)15(26)12(32-17)9-29-13(25)7-20/h2-6,12,14-17,26H,7-10H2,1H3,(H,24,27)/t12-,14+,15-,16+,17+/m1/s1. The van der Waals surface area contributed by atoms with Crippen molar-refractivity contribution >= 4 is 58.5 Å². The van der Waals surface area contributed by atoms with Crippen LogP contribution in [0.4, 0.5) is 4.79 Å². The van der Waals surface area contributed by atoms with Gasteiger partial charge in [0.2, 0.25) is 3.79 Å². The number of esters is 1. The van der Waals surface area contributed by atoms with Crippen molar-refractivity contribution in [3.8, 4) is 0 Å². The van der Waals surface area contributed by atoms with E-state index in [-0.39, 0.29) is 19.1 Å². The highest BCUT2D eigenvalue weighted by Gasteiger charge is 2.48. The van der Waals surface area contributed by atoms with Gasteiger partial charge in [-0.3, -0.25) is 4.79 Å². The lowest BCUT2D eigenvalue weighted by Gasteiger charge is -2.43. The molecule has 5 atom stereocenters. The maximum absolute atomic E-state index is 12.2. The first-order valence-corrected chi connectivity index (χ1v) is 11.0. The topological polar surface area (TPSA) is 113 Å². The Morgan fingerprint density at radius 2 is 1.88 bits per heavy atom. The molecule has 1 fully saturated rings. The number of methoxy groups -OCH3 is 1. The van der Waals surface area contributed by atoms with Crippen molar-refractivity contribution in [3.63, 3.8) is 0 Å². The number of alkyl carbamates (subject to hydrolysis) is 1. The van der Waals surface area contributed by atoms with E-state index in [1.165, 1.54) is 7.11 Å². The molecule has 1 aliphatic rings. The predicted octanol–water partition coefficient (Wildman–Crippen LogP) is 2.55. The van der Waals surface area contributed by atoms with E-state index in [1.807, 2.05) is 30.3 Å². The van der Waals surface area contributed by atoms with Crippen LogP contribution < -0.4 is 5.32 Å². The number of rotatable bonds is 9. The van der Waals surface area contributed by atoms with Crippen LogP contribution in [-0.2, 0) is 35.1 Å². The Kier molecular flexibility index (Phi) is 11.1. The molecule has 0 saturated carbocycles. The van der Waals surface area contributed by atoms with Crippen molar-refractivity contribution in [1.82, 2.24) is 5.32 Å². The minimum Gasteiger partial charge on any atom is -0.462 e. The van der Waals surface area contributed by atoms with Gasteiger partial charge < -0.3 is 34.1 Å². The van der Waals surface area contributed by atoms with Gasteiger partial charge in [-0.25, -0.2) is 4.79 Å². The maximum atomic E-state index is 12.2. The molecule has 0 unspecified atom stereocenters. The molecule has 0 aromatic heterocycles. The molecular formula is C19H23Cl4NO8. The molecule has 1 aliphatic heterocycles. The van der Waals surface area contributed by atoms with Crippen LogP contribution >= 0.6 is 46.4 Å². The van der Waals surface area contributed by atoms with Crippen LogP contribution in [-0.4, -0.2) is 77.8 Å². The largest absolute Gasteiger partial charge is 0.462 e. The van der Waals surface area contributed by atoms with Gasteiger partial charge in [0.1, 0.15) is 43.4 Å². The van der Waals surface area contributed by atoms with E-state index < -0.39 is 53.1 Å². The van der Waals surface area contributed by atoms with Gasteiger partial charge in [0.25, 0.3) is 0 Å². The summed E-state index contributed by atoms with van der Waals surface area (Å²) in [5.41, 5.74) is 0.822. The van der Waals surface area contributed by atoms with E-state index in [9.17, 15) is 14.7 Å². The number of nitrogens with one attached hydrogen (secondary N) is 1. The lowest BCUT2D eigenvalue weighted by Crippen LogP contribution is -2.65. The van der Waals surface area contributed by atoms with Crippen LogP contribution in [0, 0.1) is 0 Å². The SMILES string of the molecule is CO[C@H]1O[C@H](COC(=O)CCl)[C@@H](O)[C@@H](OCc2ccccc2)[C@@H]1NC(=O)OCC(Cl)(Cl)Cl. The van der Waals surface area contributed by atoms with Crippen molar-refractivity contribution in [2.75, 3.05) is 26.2 Å². The van der Waals surface area contributed by atoms with Crippen LogP contribution in [0.15, 0.2) is 30.3 Å². The molecular weight excluding hydrogens is 512 g/mol. The molecule has 2 N–H and O–H groups in total. The highest BCUT2D eigenvalue weighted by Crippen LogP contribution is 2.27. The van der Waals surface area contributed by atoms with Gasteiger partial charge in [0.05, 0.1) is 6.61 Å². The van der Waals surface area contributed by atoms with Crippen LogP contribution in [0.3, 0.4) is 0 Å². The van der Waals surface area contributed by atoms with Crippen LogP contribution in [0.1, 0.15) is 5.56 Å². The van der Waals surface area contributed by atoms with Gasteiger partial charge >= 0.3 is 12.1 Å². The molecule has 180 valence electrons. The van der Waals surface area contributed by atoms with Crippen molar-refractivity contribution in [2.45, 2.75) is 41.0 Å². The molecule has 1 saturated heterocycles. The zero-order valence-corrected chi connectivity index (χ0v) is 19.9. The average Bonchev–Trinajstić information content (AvgIpc) is 2.76. The summed E-state index contributed by atoms with van der Waals surface area (Å²) >= 11 is 22.2. The van der Waals surface area contributed by atoms with Crippen molar-refractivity contribution in [3.05, 3.63) is 35.9 Å². The fourth-order valence-corrected chi connectivity index (χ4v) is 3.16. The first-order valence-electron chi connectivity index (χ1n) is 9.38. The molecule has 32 heavy (non-hydrogen) atoms. The Labute approximate surface area is 205 Å². The van der Waals surface area contributed by atoms with E-state index in [0.29, 0.717) is 0 Å². The van der Waals surface area contributed by atoms with Gasteiger partial charge in [0.15, 0.2) is 6.29 Å². The predicted molar refractivity (Wildman–Crippen MR) is 117 cm³/mol. The first kappa shape index (κ1) is 27.2. The van der Waals surface area contributed by atoms with Crippen LogP contribution in [0.5, 0.6) is 0 Å². The molecule has 0 radical (unpaired) electrons. The summed E-state index contributed by atoms with van der Waals surface area (Å²) in [5, 5.41) is 13.4. The summed E-state index contributed by atoms with van der Waals surface area (Å²) in [6.07, 6.45) is -5.39. The molecule has 9 nitrogen and oxygen atoms in total. The summed E-state index contributed by atoms with van der Waals surface area (Å²) < 4.78 is 24.9. The molecule has 1 aromatic rings. The summed E-state index contributed by atoms with van der Waals surface area (Å²) in [5.74, 6) is -1.04. The molecule has 1 amide bonds. The quantitative estimate of drug-likeness (QED) is 0.367. The maximum Gasteiger partial charge on any atom is 0.407 e. The number of carbonyl (C=O) groups is 2. The van der Waals surface area contributed by atoms with E-state index in [0.717, 1.165) is 5.56 Å². The number of hydrogen-bond acceptors (Lipinski definition) is 8. The Bertz CT molecular complexity index is 736. The van der Waals surface area contributed by atoms with Crippen molar-refractivity contribution < 1.29 is 38.4 Å². The third kappa shape index (κ3) is 8.72. The fourth-order valence-electron chi connectivity index (χ4n) is 2.91. The highest BCUT2D eigenvalue weighted by molar-refractivity contribution is 6.67. The number of ether oxygens (including phenoxy) is 5. The van der Waals surface area contributed by atoms with Crippen LogP contribution in [0.25, 0.3) is 0 Å². The van der Waals surface area contributed by atoms with Gasteiger partial charge in [-0.1, -0.05) is 65.1 Å². The first-order chi connectivity index (χ1) is 15.1. The van der Waals surface area contributed by atoms with Crippen molar-refractivity contribution in [1.29, 1.82) is 0 Å². The summed E-state index contributed by atoms with van der Waals surface area (Å²) in [6, 6.07) is 8.15. The molecule has 13 heteroatoms. The monoisotopic (exact) mass is 533 g/mol. The Morgan fingerprint density at radius 3 is 2.47 bits per heavy atom. The number of carbonyl (C=O) groups excluding carboxylic acids is 2. The number of hydrogen-bond donors (Lipinski definition) is 2. The lowest BCUT2D eigenvalue weighted by atomic mass is 9.96. The second-order valence-corrected chi connectivity index (χ2v) is 9.49. The number of aliphatic hydroxyl groups is 1. The highest BCUT2D eigenvalue weighted by atomic mass is 35.6. The molecule has 2 rings (SSSR count). The minimum atomic E-state index is -1.80. The molecule has 0 aliphatic carbocycles. The Balaban J connectivity index is 2.16. The number of benzene rings is 1. The Morgan fingerprint density at radius 1 is 1.19 bits per heavy atom. The molecule has 0 bridgehead atoms. The van der Waals surface area contributed by atoms with E-state index in [4.69, 9.17) is 70.1 Å². The third-order valence-corrected chi connectivity index (χ3v) is 4.91.